The minimum atomic E-state index is 1.16. The normalized spacial score (nSPS) is 12.1. The molecule has 0 fully saturated rings. The molecular formula is C37H25N3. The van der Waals surface area contributed by atoms with Crippen LogP contribution in [0.2, 0.25) is 0 Å². The van der Waals surface area contributed by atoms with Crippen molar-refractivity contribution in [2.24, 2.45) is 7.05 Å². The van der Waals surface area contributed by atoms with E-state index in [4.69, 9.17) is 0 Å². The molecular weight excluding hydrogens is 486 g/mol. The smallest absolute Gasteiger partial charge is 0.0733 e. The van der Waals surface area contributed by atoms with Gasteiger partial charge in [0.25, 0.3) is 0 Å². The molecule has 0 aliphatic heterocycles. The van der Waals surface area contributed by atoms with E-state index in [1.54, 1.807) is 0 Å². The number of hydrogen-bond acceptors (Lipinski definition) is 0. The van der Waals surface area contributed by atoms with E-state index in [9.17, 15) is 0 Å². The highest BCUT2D eigenvalue weighted by atomic mass is 15.0. The van der Waals surface area contributed by atoms with Gasteiger partial charge in [0, 0.05) is 50.6 Å². The molecule has 3 nitrogen and oxygen atoms in total. The molecule has 3 heterocycles. The molecule has 0 radical (unpaired) electrons. The average molecular weight is 512 g/mol. The van der Waals surface area contributed by atoms with Gasteiger partial charge in [0.15, 0.2) is 0 Å². The second kappa shape index (κ2) is 7.87. The third kappa shape index (κ3) is 2.73. The molecule has 0 saturated heterocycles. The van der Waals surface area contributed by atoms with Gasteiger partial charge in [-0.25, -0.2) is 0 Å². The maximum atomic E-state index is 2.46. The predicted molar refractivity (Wildman–Crippen MR) is 169 cm³/mol. The van der Waals surface area contributed by atoms with Gasteiger partial charge in [-0.3, -0.25) is 0 Å². The van der Waals surface area contributed by atoms with Gasteiger partial charge in [0.2, 0.25) is 0 Å². The fourth-order valence-electron chi connectivity index (χ4n) is 6.95. The van der Waals surface area contributed by atoms with Crippen LogP contribution in [0.5, 0.6) is 0 Å². The predicted octanol–water partition coefficient (Wildman–Crippen LogP) is 9.53. The largest absolute Gasteiger partial charge is 0.342 e. The van der Waals surface area contributed by atoms with Crippen LogP contribution < -0.4 is 0 Å². The summed E-state index contributed by atoms with van der Waals surface area (Å²) in [5.74, 6) is 0. The van der Waals surface area contributed by atoms with Crippen LogP contribution in [-0.2, 0) is 7.05 Å². The van der Waals surface area contributed by atoms with Gasteiger partial charge in [-0.15, -0.1) is 0 Å². The van der Waals surface area contributed by atoms with Crippen molar-refractivity contribution in [3.05, 3.63) is 133 Å². The van der Waals surface area contributed by atoms with E-state index in [0.717, 1.165) is 5.69 Å². The summed E-state index contributed by atoms with van der Waals surface area (Å²) in [4.78, 5) is 0. The van der Waals surface area contributed by atoms with Crippen LogP contribution in [0.1, 0.15) is 0 Å². The van der Waals surface area contributed by atoms with E-state index in [1.165, 1.54) is 71.1 Å². The summed E-state index contributed by atoms with van der Waals surface area (Å²) in [6.45, 7) is 0. The van der Waals surface area contributed by atoms with Crippen molar-refractivity contribution in [3.63, 3.8) is 0 Å². The number of fused-ring (bicyclic) bond motifs is 9. The first-order valence-corrected chi connectivity index (χ1v) is 13.8. The molecule has 40 heavy (non-hydrogen) atoms. The lowest BCUT2D eigenvalue weighted by Gasteiger charge is -2.13. The molecule has 3 heteroatoms. The topological polar surface area (TPSA) is 14.8 Å². The molecule has 0 atom stereocenters. The van der Waals surface area contributed by atoms with Crippen molar-refractivity contribution < 1.29 is 0 Å². The first kappa shape index (κ1) is 21.6. The summed E-state index contributed by atoms with van der Waals surface area (Å²) < 4.78 is 7.21. The first-order valence-electron chi connectivity index (χ1n) is 13.8. The maximum Gasteiger partial charge on any atom is 0.0733 e. The van der Waals surface area contributed by atoms with Gasteiger partial charge in [0.05, 0.1) is 33.3 Å². The SMILES string of the molecule is Cn1c2ccccc2c2cccc(-n3c4ccccc4c4ccc(-n5c6ccccc6c6ccccc65)cc43)c21. The molecule has 0 aliphatic carbocycles. The highest BCUT2D eigenvalue weighted by Gasteiger charge is 2.19. The first-order chi connectivity index (χ1) is 19.8. The number of benzene rings is 6. The van der Waals surface area contributed by atoms with Crippen molar-refractivity contribution in [3.8, 4) is 11.4 Å². The maximum absolute atomic E-state index is 2.46. The zero-order valence-corrected chi connectivity index (χ0v) is 22.0. The number of rotatable bonds is 2. The van der Waals surface area contributed by atoms with Crippen LogP contribution in [-0.4, -0.2) is 13.7 Å². The average Bonchev–Trinajstić information content (AvgIpc) is 3.63. The molecule has 9 aromatic rings. The number of hydrogen-bond donors (Lipinski definition) is 0. The second-order valence-corrected chi connectivity index (χ2v) is 10.7. The zero-order chi connectivity index (χ0) is 26.4. The van der Waals surface area contributed by atoms with E-state index >= 15 is 0 Å². The van der Waals surface area contributed by atoms with E-state index in [0.29, 0.717) is 0 Å². The van der Waals surface area contributed by atoms with Crippen molar-refractivity contribution >= 4 is 65.4 Å². The molecule has 0 amide bonds. The quantitative estimate of drug-likeness (QED) is 0.219. The van der Waals surface area contributed by atoms with Crippen LogP contribution in [0.25, 0.3) is 76.8 Å². The van der Waals surface area contributed by atoms with Crippen molar-refractivity contribution in [2.45, 2.75) is 0 Å². The molecule has 0 spiro atoms. The van der Waals surface area contributed by atoms with Gasteiger partial charge in [-0.05, 0) is 42.5 Å². The van der Waals surface area contributed by atoms with Crippen LogP contribution in [0, 0.1) is 0 Å². The van der Waals surface area contributed by atoms with Gasteiger partial charge >= 0.3 is 0 Å². The lowest BCUT2D eigenvalue weighted by Crippen LogP contribution is -1.99. The number of para-hydroxylation sites is 5. The van der Waals surface area contributed by atoms with Crippen molar-refractivity contribution in [2.75, 3.05) is 0 Å². The third-order valence-electron chi connectivity index (χ3n) is 8.64. The summed E-state index contributed by atoms with van der Waals surface area (Å²) in [7, 11) is 2.19. The van der Waals surface area contributed by atoms with Crippen molar-refractivity contribution in [1.29, 1.82) is 0 Å². The molecule has 9 rings (SSSR count). The fraction of sp³-hybridized carbons (Fsp3) is 0.0270. The Hall–Kier alpha value is -5.28. The Bertz CT molecular complexity index is 2390. The molecule has 0 saturated carbocycles. The summed E-state index contributed by atoms with van der Waals surface area (Å²) in [5, 5.41) is 7.64. The Balaban J connectivity index is 1.43. The highest BCUT2D eigenvalue weighted by molar-refractivity contribution is 6.15. The minimum Gasteiger partial charge on any atom is -0.342 e. The molecule has 0 N–H and O–H groups in total. The Kier molecular flexibility index (Phi) is 4.26. The van der Waals surface area contributed by atoms with Crippen LogP contribution in [0.15, 0.2) is 133 Å². The Morgan fingerprint density at radius 3 is 1.48 bits per heavy atom. The Morgan fingerprint density at radius 2 is 0.850 bits per heavy atom. The molecule has 188 valence electrons. The molecule has 0 bridgehead atoms. The zero-order valence-electron chi connectivity index (χ0n) is 22.0. The number of aryl methyl sites for hydroxylation is 1. The van der Waals surface area contributed by atoms with Crippen molar-refractivity contribution in [1.82, 2.24) is 13.7 Å². The Morgan fingerprint density at radius 1 is 0.375 bits per heavy atom. The molecule has 6 aromatic carbocycles. The van der Waals surface area contributed by atoms with E-state index in [1.807, 2.05) is 0 Å². The van der Waals surface area contributed by atoms with Crippen LogP contribution >= 0.6 is 0 Å². The monoisotopic (exact) mass is 511 g/mol. The van der Waals surface area contributed by atoms with Crippen LogP contribution in [0.4, 0.5) is 0 Å². The number of aromatic nitrogens is 3. The summed E-state index contributed by atoms with van der Waals surface area (Å²) >= 11 is 0. The third-order valence-corrected chi connectivity index (χ3v) is 8.64. The van der Waals surface area contributed by atoms with Gasteiger partial charge in [-0.2, -0.15) is 0 Å². The minimum absolute atomic E-state index is 1.16. The summed E-state index contributed by atoms with van der Waals surface area (Å²) in [6.07, 6.45) is 0. The fourth-order valence-corrected chi connectivity index (χ4v) is 6.95. The second-order valence-electron chi connectivity index (χ2n) is 10.7. The van der Waals surface area contributed by atoms with E-state index in [2.05, 4.69) is 154 Å². The number of nitrogens with zero attached hydrogens (tertiary/aromatic N) is 3. The highest BCUT2D eigenvalue weighted by Crippen LogP contribution is 2.39. The molecule has 0 aliphatic rings. The van der Waals surface area contributed by atoms with Gasteiger partial charge < -0.3 is 13.7 Å². The lowest BCUT2D eigenvalue weighted by atomic mass is 10.1. The Labute approximate surface area is 230 Å². The van der Waals surface area contributed by atoms with E-state index in [-0.39, 0.29) is 0 Å². The van der Waals surface area contributed by atoms with E-state index < -0.39 is 0 Å². The molecule has 3 aromatic heterocycles. The van der Waals surface area contributed by atoms with Gasteiger partial charge in [0.1, 0.15) is 0 Å². The lowest BCUT2D eigenvalue weighted by molar-refractivity contribution is 1.00. The summed E-state index contributed by atoms with van der Waals surface area (Å²) in [5.41, 5.74) is 9.72. The van der Waals surface area contributed by atoms with Gasteiger partial charge in [-0.1, -0.05) is 91.0 Å². The summed E-state index contributed by atoms with van der Waals surface area (Å²) in [6, 6.07) is 48.6. The van der Waals surface area contributed by atoms with Crippen LogP contribution in [0.3, 0.4) is 0 Å². The standard InChI is InChI=1S/C37H25N3/c1-38-31-16-6-2-14-28(31)30-15-10-20-35(37(30)38)40-34-19-9-5-13-27(34)29-22-21-24(23-36(29)40)39-32-17-7-3-11-25(32)26-12-4-8-18-33(26)39/h2-23H,1H3. The molecule has 0 unspecified atom stereocenters.